The molecular weight excluding hydrogens is 148 g/mol. The van der Waals surface area contributed by atoms with Crippen molar-refractivity contribution in [3.05, 3.63) is 6.42 Å². The lowest BCUT2D eigenvalue weighted by Gasteiger charge is -2.12. The summed E-state index contributed by atoms with van der Waals surface area (Å²) in [5, 5.41) is 0. The molecule has 0 rings (SSSR count). The highest BCUT2D eigenvalue weighted by atomic mass is 16.1. The molecule has 0 aliphatic rings. The number of hydrogen-bond acceptors (Lipinski definition) is 1. The maximum Gasteiger partial charge on any atom is 0.136 e. The molecule has 1 nitrogen and oxygen atoms in total. The molecule has 0 heterocycles. The number of Topliss-reactive ketones (excluding diaryl/α,β-unsaturated/α-hetero) is 1. The summed E-state index contributed by atoms with van der Waals surface area (Å²) in [6.07, 6.45) is 7.30. The Kier molecular flexibility index (Phi) is 7.12. The molecule has 0 saturated heterocycles. The second-order valence-corrected chi connectivity index (χ2v) is 3.38. The highest BCUT2D eigenvalue weighted by Gasteiger charge is 2.09. The van der Waals surface area contributed by atoms with Crippen LogP contribution in [0, 0.1) is 12.3 Å². The van der Waals surface area contributed by atoms with Gasteiger partial charge in [-0.3, -0.25) is 4.79 Å². The van der Waals surface area contributed by atoms with Gasteiger partial charge in [-0.1, -0.05) is 46.5 Å². The first-order valence-corrected chi connectivity index (χ1v) is 5.06. The smallest absolute Gasteiger partial charge is 0.136 e. The van der Waals surface area contributed by atoms with Crippen molar-refractivity contribution in [3.63, 3.8) is 0 Å². The maximum atomic E-state index is 11.1. The van der Waals surface area contributed by atoms with Crippen molar-refractivity contribution >= 4 is 5.78 Å². The van der Waals surface area contributed by atoms with E-state index in [0.29, 0.717) is 11.7 Å². The molecule has 0 fully saturated rings. The molecule has 71 valence electrons. The van der Waals surface area contributed by atoms with Crippen molar-refractivity contribution in [3.8, 4) is 0 Å². The highest BCUT2D eigenvalue weighted by molar-refractivity contribution is 5.86. The van der Waals surface area contributed by atoms with Crippen LogP contribution in [0.3, 0.4) is 0 Å². The number of unbranched alkanes of at least 4 members (excludes halogenated alkanes) is 1. The third-order valence-electron chi connectivity index (χ3n) is 2.36. The van der Waals surface area contributed by atoms with Crippen molar-refractivity contribution in [1.29, 1.82) is 0 Å². The van der Waals surface area contributed by atoms with Gasteiger partial charge >= 0.3 is 0 Å². The van der Waals surface area contributed by atoms with Crippen molar-refractivity contribution in [2.24, 2.45) is 5.92 Å². The molecule has 1 atom stereocenters. The second kappa shape index (κ2) is 7.33. The third-order valence-corrected chi connectivity index (χ3v) is 2.36. The molecule has 0 aromatic heterocycles. The van der Waals surface area contributed by atoms with Gasteiger partial charge < -0.3 is 0 Å². The zero-order chi connectivity index (χ0) is 9.40. The Morgan fingerprint density at radius 3 is 2.50 bits per heavy atom. The van der Waals surface area contributed by atoms with Gasteiger partial charge in [0.15, 0.2) is 0 Å². The van der Waals surface area contributed by atoms with Gasteiger partial charge in [-0.05, 0) is 5.92 Å². The molecule has 0 amide bonds. The molecule has 0 aliphatic carbocycles. The summed E-state index contributed by atoms with van der Waals surface area (Å²) in [6.45, 7) is 6.19. The predicted molar refractivity (Wildman–Crippen MR) is 52.9 cm³/mol. The first kappa shape index (κ1) is 11.7. The van der Waals surface area contributed by atoms with Crippen LogP contribution in [0.4, 0.5) is 0 Å². The van der Waals surface area contributed by atoms with Crippen LogP contribution >= 0.6 is 0 Å². The molecule has 0 aliphatic heterocycles. The van der Waals surface area contributed by atoms with E-state index in [-0.39, 0.29) is 0 Å². The lowest BCUT2D eigenvalue weighted by atomic mass is 9.93. The molecule has 0 N–H and O–H groups in total. The van der Waals surface area contributed by atoms with E-state index in [0.717, 1.165) is 12.8 Å². The van der Waals surface area contributed by atoms with Crippen LogP contribution in [-0.4, -0.2) is 5.78 Å². The van der Waals surface area contributed by atoms with Gasteiger partial charge in [0, 0.05) is 12.8 Å². The van der Waals surface area contributed by atoms with E-state index < -0.39 is 0 Å². The number of ketones is 1. The summed E-state index contributed by atoms with van der Waals surface area (Å²) in [4.78, 5) is 11.1. The SMILES string of the molecule is C[CH]C(=O)CC(CC)CCCC. The van der Waals surface area contributed by atoms with E-state index in [2.05, 4.69) is 13.8 Å². The Balaban J connectivity index is 3.59. The van der Waals surface area contributed by atoms with Gasteiger partial charge in [-0.2, -0.15) is 0 Å². The highest BCUT2D eigenvalue weighted by Crippen LogP contribution is 2.17. The van der Waals surface area contributed by atoms with Crippen LogP contribution in [0.15, 0.2) is 0 Å². The quantitative estimate of drug-likeness (QED) is 0.571. The van der Waals surface area contributed by atoms with E-state index in [1.807, 2.05) is 6.92 Å². The van der Waals surface area contributed by atoms with Gasteiger partial charge in [-0.15, -0.1) is 0 Å². The van der Waals surface area contributed by atoms with E-state index in [1.54, 1.807) is 6.42 Å². The lowest BCUT2D eigenvalue weighted by Crippen LogP contribution is -2.07. The summed E-state index contributed by atoms with van der Waals surface area (Å²) in [6, 6.07) is 0. The van der Waals surface area contributed by atoms with Crippen molar-refractivity contribution in [2.45, 2.75) is 52.9 Å². The van der Waals surface area contributed by atoms with Gasteiger partial charge in [0.05, 0.1) is 0 Å². The molecule has 0 aromatic rings. The average molecular weight is 169 g/mol. The third kappa shape index (κ3) is 5.34. The Hall–Kier alpha value is -0.330. The van der Waals surface area contributed by atoms with Crippen molar-refractivity contribution in [1.82, 2.24) is 0 Å². The minimum absolute atomic E-state index is 0.304. The first-order valence-electron chi connectivity index (χ1n) is 5.06. The zero-order valence-corrected chi connectivity index (χ0v) is 8.60. The number of carbonyl (C=O) groups excluding carboxylic acids is 1. The van der Waals surface area contributed by atoms with Crippen LogP contribution in [0.2, 0.25) is 0 Å². The average Bonchev–Trinajstić information content (AvgIpc) is 2.11. The van der Waals surface area contributed by atoms with Crippen LogP contribution in [0.1, 0.15) is 52.9 Å². The Morgan fingerprint density at radius 1 is 1.42 bits per heavy atom. The Morgan fingerprint density at radius 2 is 2.08 bits per heavy atom. The molecular formula is C11H21O. The standard InChI is InChI=1S/C11H21O/c1-4-7-8-10(5-2)9-11(12)6-3/h6,10H,4-5,7-9H2,1-3H3. The zero-order valence-electron chi connectivity index (χ0n) is 8.60. The molecule has 1 unspecified atom stereocenters. The maximum absolute atomic E-state index is 11.1. The fraction of sp³-hybridized carbons (Fsp3) is 0.818. The summed E-state index contributed by atoms with van der Waals surface area (Å²) >= 11 is 0. The van der Waals surface area contributed by atoms with Crippen molar-refractivity contribution < 1.29 is 4.79 Å². The number of rotatable bonds is 7. The van der Waals surface area contributed by atoms with Crippen LogP contribution in [0.5, 0.6) is 0 Å². The molecule has 0 bridgehead atoms. The fourth-order valence-electron chi connectivity index (χ4n) is 1.35. The van der Waals surface area contributed by atoms with Crippen LogP contribution in [-0.2, 0) is 4.79 Å². The molecule has 1 heteroatoms. The summed E-state index contributed by atoms with van der Waals surface area (Å²) < 4.78 is 0. The van der Waals surface area contributed by atoms with E-state index in [9.17, 15) is 4.79 Å². The van der Waals surface area contributed by atoms with Crippen molar-refractivity contribution in [2.75, 3.05) is 0 Å². The Labute approximate surface area is 76.6 Å². The Bertz CT molecular complexity index is 118. The van der Waals surface area contributed by atoms with Gasteiger partial charge in [0.1, 0.15) is 5.78 Å². The monoisotopic (exact) mass is 169 g/mol. The molecule has 0 aromatic carbocycles. The summed E-state index contributed by atoms with van der Waals surface area (Å²) in [5.41, 5.74) is 0. The lowest BCUT2D eigenvalue weighted by molar-refractivity contribution is -0.116. The number of carbonyl (C=O) groups is 1. The molecule has 1 radical (unpaired) electrons. The van der Waals surface area contributed by atoms with E-state index >= 15 is 0 Å². The predicted octanol–water partition coefficient (Wildman–Crippen LogP) is 3.39. The molecule has 12 heavy (non-hydrogen) atoms. The molecule has 0 spiro atoms. The topological polar surface area (TPSA) is 17.1 Å². The minimum Gasteiger partial charge on any atom is -0.299 e. The largest absolute Gasteiger partial charge is 0.299 e. The minimum atomic E-state index is 0.304. The normalized spacial score (nSPS) is 12.9. The fourth-order valence-corrected chi connectivity index (χ4v) is 1.35. The van der Waals surface area contributed by atoms with Gasteiger partial charge in [0.25, 0.3) is 0 Å². The van der Waals surface area contributed by atoms with E-state index in [4.69, 9.17) is 0 Å². The van der Waals surface area contributed by atoms with E-state index in [1.165, 1.54) is 19.3 Å². The van der Waals surface area contributed by atoms with Gasteiger partial charge in [-0.25, -0.2) is 0 Å². The number of hydrogen-bond donors (Lipinski definition) is 0. The van der Waals surface area contributed by atoms with Gasteiger partial charge in [0.2, 0.25) is 0 Å². The first-order chi connectivity index (χ1) is 5.74. The molecule has 0 saturated carbocycles. The second-order valence-electron chi connectivity index (χ2n) is 3.38. The van der Waals surface area contributed by atoms with Crippen LogP contribution < -0.4 is 0 Å². The summed E-state index contributed by atoms with van der Waals surface area (Å²) in [7, 11) is 0. The van der Waals surface area contributed by atoms with Crippen LogP contribution in [0.25, 0.3) is 0 Å². The summed E-state index contributed by atoms with van der Waals surface area (Å²) in [5.74, 6) is 0.923.